The first kappa shape index (κ1) is 38.2. The molecule has 10 atom stereocenters. The number of carboxylic acid groups (broad SMARTS) is 1. The van der Waals surface area contributed by atoms with Gasteiger partial charge in [-0.3, -0.25) is 4.79 Å². The molecule has 43 heavy (non-hydrogen) atoms. The van der Waals surface area contributed by atoms with Crippen molar-refractivity contribution in [2.75, 3.05) is 0 Å². The van der Waals surface area contributed by atoms with Crippen LogP contribution in [0.3, 0.4) is 0 Å². The average Bonchev–Trinajstić information content (AvgIpc) is 3.31. The van der Waals surface area contributed by atoms with Gasteiger partial charge in [0.15, 0.2) is 0 Å². The normalized spacial score (nSPS) is 32.0. The summed E-state index contributed by atoms with van der Waals surface area (Å²) in [6.07, 6.45) is 3.21. The summed E-state index contributed by atoms with van der Waals surface area (Å²) in [5.74, 6) is -2.92. The molecule has 2 heterocycles. The fourth-order valence-corrected chi connectivity index (χ4v) is 7.43. The zero-order valence-corrected chi connectivity index (χ0v) is 29.8. The Balaban J connectivity index is 0.00000645. The van der Waals surface area contributed by atoms with E-state index in [1.165, 1.54) is 0 Å². The standard InChI is InChI=1S/C34H54O8.Na/c1-9-25(31-21(6)18-34(11-3,42-31)26-16-17-33(40,10-2)23(8)41-26)30(37)22(7)28(35)19(4)12-14-24-15-13-20(5)29(36)27(24)32(38)39;/h13,15,19,21-23,25-26,28,31,35-36,40H,9-12,14,16-18H2,1-8H3,(H,38,39);/q;+1/p-1/t19?,21-,22?,23-,25?,26+,28?,31-,33?,34-;/m0./s1. The largest absolute Gasteiger partial charge is 1.00 e. The maximum atomic E-state index is 13.9. The number of Topliss-reactive ketones (excluding diaryl/α,β-unsaturated/α-hetero) is 1. The molecule has 2 aliphatic heterocycles. The molecule has 1 aromatic carbocycles. The zero-order chi connectivity index (χ0) is 31.6. The minimum absolute atomic E-state index is 0. The first-order chi connectivity index (χ1) is 19.7. The van der Waals surface area contributed by atoms with Crippen molar-refractivity contribution in [2.45, 2.75) is 142 Å². The summed E-state index contributed by atoms with van der Waals surface area (Å²) in [7, 11) is 0. The predicted molar refractivity (Wildman–Crippen MR) is 160 cm³/mol. The van der Waals surface area contributed by atoms with Crippen molar-refractivity contribution in [3.05, 3.63) is 28.8 Å². The van der Waals surface area contributed by atoms with E-state index in [4.69, 9.17) is 9.47 Å². The summed E-state index contributed by atoms with van der Waals surface area (Å²) in [6.45, 7) is 15.3. The van der Waals surface area contributed by atoms with Crippen LogP contribution in [-0.2, 0) is 20.7 Å². The van der Waals surface area contributed by atoms with Crippen LogP contribution in [0.1, 0.15) is 115 Å². The molecule has 1 aromatic rings. The van der Waals surface area contributed by atoms with Gasteiger partial charge in [-0.05, 0) is 82.6 Å². The number of rotatable bonds is 13. The molecule has 9 heteroatoms. The second-order valence-electron chi connectivity index (χ2n) is 13.2. The van der Waals surface area contributed by atoms with Gasteiger partial charge in [0.05, 0.1) is 41.2 Å². The van der Waals surface area contributed by atoms with Crippen molar-refractivity contribution in [1.82, 2.24) is 0 Å². The van der Waals surface area contributed by atoms with E-state index in [0.717, 1.165) is 12.8 Å². The van der Waals surface area contributed by atoms with E-state index in [1.807, 2.05) is 27.7 Å². The Labute approximate surface area is 280 Å². The minimum Gasteiger partial charge on any atom is -0.872 e. The molecule has 3 rings (SSSR count). The van der Waals surface area contributed by atoms with Gasteiger partial charge in [-0.25, -0.2) is 4.79 Å². The molecule has 3 N–H and O–H groups in total. The number of ketones is 1. The van der Waals surface area contributed by atoms with Crippen LogP contribution in [0.5, 0.6) is 5.75 Å². The maximum absolute atomic E-state index is 13.9. The van der Waals surface area contributed by atoms with Gasteiger partial charge in [-0.1, -0.05) is 65.0 Å². The summed E-state index contributed by atoms with van der Waals surface area (Å²) in [5, 5.41) is 44.1. The number of carbonyl (C=O) groups excluding carboxylic acids is 1. The molecule has 0 aliphatic carbocycles. The molecule has 0 spiro atoms. The minimum atomic E-state index is -1.25. The van der Waals surface area contributed by atoms with E-state index < -0.39 is 34.9 Å². The number of aromatic carboxylic acids is 1. The molecule has 0 saturated carbocycles. The van der Waals surface area contributed by atoms with Crippen molar-refractivity contribution in [1.29, 1.82) is 0 Å². The third kappa shape index (κ3) is 7.87. The Hall–Kier alpha value is -1.00. The smallest absolute Gasteiger partial charge is 0.872 e. The van der Waals surface area contributed by atoms with Crippen molar-refractivity contribution < 1.29 is 69.0 Å². The third-order valence-corrected chi connectivity index (χ3v) is 10.6. The monoisotopic (exact) mass is 612 g/mol. The van der Waals surface area contributed by atoms with Crippen LogP contribution in [0.15, 0.2) is 12.1 Å². The SMILES string of the molecule is CCC(C(=O)C(C)C(O)C(C)CCc1ccc(C)c([O-])c1C(=O)O)[C@H]1O[C@](CC)([C@H]2CCC(O)(CC)[C@H](C)O2)C[C@@H]1C.[Na+]. The van der Waals surface area contributed by atoms with Gasteiger partial charge < -0.3 is 29.9 Å². The number of carboxylic acids is 1. The fraction of sp³-hybridized carbons (Fsp3) is 0.765. The van der Waals surface area contributed by atoms with Gasteiger partial charge in [0.25, 0.3) is 0 Å². The fourth-order valence-electron chi connectivity index (χ4n) is 7.43. The van der Waals surface area contributed by atoms with Gasteiger partial charge in [0.1, 0.15) is 5.78 Å². The van der Waals surface area contributed by atoms with Crippen LogP contribution >= 0.6 is 0 Å². The van der Waals surface area contributed by atoms with Gasteiger partial charge in [0, 0.05) is 11.8 Å². The molecule has 0 bridgehead atoms. The average molecular weight is 613 g/mol. The van der Waals surface area contributed by atoms with E-state index in [-0.39, 0.29) is 77.0 Å². The van der Waals surface area contributed by atoms with Gasteiger partial charge in [-0.2, -0.15) is 0 Å². The van der Waals surface area contributed by atoms with Crippen LogP contribution in [0, 0.1) is 30.6 Å². The van der Waals surface area contributed by atoms with E-state index in [9.17, 15) is 30.0 Å². The second-order valence-corrected chi connectivity index (χ2v) is 13.2. The molecule has 238 valence electrons. The Morgan fingerprint density at radius 2 is 1.79 bits per heavy atom. The summed E-state index contributed by atoms with van der Waals surface area (Å²) in [6, 6.07) is 3.30. The Kier molecular flexibility index (Phi) is 13.8. The van der Waals surface area contributed by atoms with Gasteiger partial charge >= 0.3 is 35.5 Å². The number of benzene rings is 1. The third-order valence-electron chi connectivity index (χ3n) is 10.6. The quantitative estimate of drug-likeness (QED) is 0.289. The Bertz CT molecular complexity index is 1110. The molecule has 2 saturated heterocycles. The summed E-state index contributed by atoms with van der Waals surface area (Å²) in [4.78, 5) is 25.6. The molecule has 2 aliphatic rings. The Morgan fingerprint density at radius 3 is 2.33 bits per heavy atom. The first-order valence-electron chi connectivity index (χ1n) is 16.0. The van der Waals surface area contributed by atoms with Crippen molar-refractivity contribution in [3.8, 4) is 5.75 Å². The second kappa shape index (κ2) is 15.5. The number of ether oxygens (including phenoxy) is 2. The summed E-state index contributed by atoms with van der Waals surface area (Å²) >= 11 is 0. The van der Waals surface area contributed by atoms with Crippen molar-refractivity contribution >= 4 is 11.8 Å². The molecular formula is C34H53NaO8. The van der Waals surface area contributed by atoms with Crippen LogP contribution in [-0.4, -0.2) is 62.7 Å². The van der Waals surface area contributed by atoms with Crippen LogP contribution in [0.25, 0.3) is 0 Å². The van der Waals surface area contributed by atoms with Crippen LogP contribution < -0.4 is 34.7 Å². The van der Waals surface area contributed by atoms with E-state index in [1.54, 1.807) is 26.0 Å². The summed E-state index contributed by atoms with van der Waals surface area (Å²) in [5.41, 5.74) is -0.730. The number of hydrogen-bond donors (Lipinski definition) is 3. The van der Waals surface area contributed by atoms with Gasteiger partial charge in [0.2, 0.25) is 0 Å². The van der Waals surface area contributed by atoms with E-state index >= 15 is 0 Å². The van der Waals surface area contributed by atoms with Crippen molar-refractivity contribution in [2.24, 2.45) is 23.7 Å². The maximum Gasteiger partial charge on any atom is 1.00 e. The topological polar surface area (TPSA) is 136 Å². The number of hydrogen-bond acceptors (Lipinski definition) is 7. The van der Waals surface area contributed by atoms with E-state index in [2.05, 4.69) is 13.8 Å². The van der Waals surface area contributed by atoms with Crippen LogP contribution in [0.2, 0.25) is 0 Å². The molecule has 0 amide bonds. The molecule has 0 aromatic heterocycles. The molecule has 2 fully saturated rings. The van der Waals surface area contributed by atoms with Gasteiger partial charge in [-0.15, -0.1) is 0 Å². The number of aryl methyl sites for hydroxylation is 2. The number of aliphatic hydroxyl groups excluding tert-OH is 1. The molecule has 0 radical (unpaired) electrons. The number of aliphatic hydroxyl groups is 2. The summed E-state index contributed by atoms with van der Waals surface area (Å²) < 4.78 is 13.2. The van der Waals surface area contributed by atoms with Crippen molar-refractivity contribution in [3.63, 3.8) is 0 Å². The molecule has 5 unspecified atom stereocenters. The first-order valence-corrected chi connectivity index (χ1v) is 16.0. The molecule has 8 nitrogen and oxygen atoms in total. The predicted octanol–water partition coefficient (Wildman–Crippen LogP) is 2.21. The Morgan fingerprint density at radius 1 is 1.14 bits per heavy atom. The van der Waals surface area contributed by atoms with E-state index in [0.29, 0.717) is 49.7 Å². The zero-order valence-electron chi connectivity index (χ0n) is 27.8. The molecular weight excluding hydrogens is 559 g/mol. The number of carbonyl (C=O) groups is 2. The van der Waals surface area contributed by atoms with Crippen LogP contribution in [0.4, 0.5) is 0 Å².